The molecule has 2 aromatic carbocycles. The molecule has 0 aromatic heterocycles. The minimum atomic E-state index is -0.317. The van der Waals surface area contributed by atoms with Crippen molar-refractivity contribution in [3.8, 4) is 23.0 Å². The SMILES string of the molecule is COc1cc(/C=C/C(=O)CC(=O)/C=C/c2ccc(OCCCCO)c(OC)c2)ccc1OCCCCO. The molecule has 0 radical (unpaired) electrons. The number of aliphatic hydroxyl groups is 2. The lowest BCUT2D eigenvalue weighted by atomic mass is 10.1. The molecule has 0 amide bonds. The van der Waals surface area contributed by atoms with E-state index in [1.165, 1.54) is 26.4 Å². The second kappa shape index (κ2) is 16.9. The number of hydrogen-bond donors (Lipinski definition) is 2. The van der Waals surface area contributed by atoms with Gasteiger partial charge in [-0.25, -0.2) is 0 Å². The molecule has 0 fully saturated rings. The Morgan fingerprint density at radius 3 is 1.49 bits per heavy atom. The van der Waals surface area contributed by atoms with Crippen molar-refractivity contribution in [2.75, 3.05) is 40.6 Å². The van der Waals surface area contributed by atoms with Gasteiger partial charge < -0.3 is 29.2 Å². The topological polar surface area (TPSA) is 112 Å². The van der Waals surface area contributed by atoms with Crippen LogP contribution in [-0.2, 0) is 9.59 Å². The number of rotatable bonds is 18. The highest BCUT2D eigenvalue weighted by molar-refractivity contribution is 6.10. The molecular formula is C29H36O8. The molecule has 2 rings (SSSR count). The molecule has 37 heavy (non-hydrogen) atoms. The van der Waals surface area contributed by atoms with Gasteiger partial charge in [-0.05, 0) is 73.2 Å². The Labute approximate surface area is 218 Å². The number of hydrogen-bond acceptors (Lipinski definition) is 8. The van der Waals surface area contributed by atoms with Gasteiger partial charge in [-0.2, -0.15) is 0 Å². The molecule has 0 aliphatic rings. The molecule has 8 heteroatoms. The summed E-state index contributed by atoms with van der Waals surface area (Å²) < 4.78 is 22.1. The number of benzene rings is 2. The van der Waals surface area contributed by atoms with Crippen LogP contribution in [0.15, 0.2) is 48.6 Å². The Balaban J connectivity index is 1.90. The number of carbonyl (C=O) groups excluding carboxylic acids is 2. The minimum absolute atomic E-state index is 0.126. The van der Waals surface area contributed by atoms with Gasteiger partial charge in [0.2, 0.25) is 0 Å². The highest BCUT2D eigenvalue weighted by Gasteiger charge is 2.08. The third kappa shape index (κ3) is 10.9. The summed E-state index contributed by atoms with van der Waals surface area (Å²) in [7, 11) is 3.07. The second-order valence-electron chi connectivity index (χ2n) is 8.16. The predicted octanol–water partition coefficient (Wildman–Crippen LogP) is 4.26. The maximum Gasteiger partial charge on any atom is 0.163 e. The van der Waals surface area contributed by atoms with Gasteiger partial charge in [0.25, 0.3) is 0 Å². The lowest BCUT2D eigenvalue weighted by Crippen LogP contribution is -2.02. The highest BCUT2D eigenvalue weighted by atomic mass is 16.5. The summed E-state index contributed by atoms with van der Waals surface area (Å²) >= 11 is 0. The van der Waals surface area contributed by atoms with Crippen LogP contribution >= 0.6 is 0 Å². The van der Waals surface area contributed by atoms with Gasteiger partial charge in [0, 0.05) is 13.2 Å². The molecule has 0 heterocycles. The van der Waals surface area contributed by atoms with E-state index in [0.29, 0.717) is 49.1 Å². The summed E-state index contributed by atoms with van der Waals surface area (Å²) in [5.41, 5.74) is 1.48. The number of carbonyl (C=O) groups is 2. The molecule has 8 nitrogen and oxygen atoms in total. The smallest absolute Gasteiger partial charge is 0.163 e. The summed E-state index contributed by atoms with van der Waals surface area (Å²) in [6.07, 6.45) is 8.54. The van der Waals surface area contributed by atoms with Crippen LogP contribution in [-0.4, -0.2) is 62.4 Å². The standard InChI is InChI=1S/C29H36O8/c1-34-28-19-22(9-13-26(28)36-17-5-3-15-30)7-11-24(32)21-25(33)12-8-23-10-14-27(29(20-23)35-2)37-18-6-4-16-31/h7-14,19-20,30-31H,3-6,15-18,21H2,1-2H3/b11-7+,12-8+. The van der Waals surface area contributed by atoms with Crippen molar-refractivity contribution in [2.45, 2.75) is 32.1 Å². The van der Waals surface area contributed by atoms with Crippen LogP contribution in [0.3, 0.4) is 0 Å². The lowest BCUT2D eigenvalue weighted by Gasteiger charge is -2.11. The van der Waals surface area contributed by atoms with E-state index in [-0.39, 0.29) is 31.2 Å². The third-order valence-corrected chi connectivity index (χ3v) is 5.27. The minimum Gasteiger partial charge on any atom is -0.493 e. The average molecular weight is 513 g/mol. The quantitative estimate of drug-likeness (QED) is 0.173. The summed E-state index contributed by atoms with van der Waals surface area (Å²) in [6, 6.07) is 10.6. The van der Waals surface area contributed by atoms with Crippen LogP contribution in [0.4, 0.5) is 0 Å². The van der Waals surface area contributed by atoms with Gasteiger partial charge in [0.15, 0.2) is 34.6 Å². The van der Waals surface area contributed by atoms with Crippen LogP contribution in [0.25, 0.3) is 12.2 Å². The lowest BCUT2D eigenvalue weighted by molar-refractivity contribution is -0.121. The average Bonchev–Trinajstić information content (AvgIpc) is 2.91. The van der Waals surface area contributed by atoms with E-state index in [0.717, 1.165) is 24.0 Å². The van der Waals surface area contributed by atoms with Gasteiger partial charge in [-0.1, -0.05) is 24.3 Å². The van der Waals surface area contributed by atoms with Crippen LogP contribution in [0.2, 0.25) is 0 Å². The number of aliphatic hydroxyl groups excluding tert-OH is 2. The monoisotopic (exact) mass is 512 g/mol. The first-order valence-corrected chi connectivity index (χ1v) is 12.3. The molecule has 0 atom stereocenters. The Hall–Kier alpha value is -3.62. The Kier molecular flexibility index (Phi) is 13.6. The van der Waals surface area contributed by atoms with E-state index in [1.54, 1.807) is 48.6 Å². The Morgan fingerprint density at radius 2 is 1.11 bits per heavy atom. The summed E-state index contributed by atoms with van der Waals surface area (Å²) in [4.78, 5) is 24.6. The van der Waals surface area contributed by atoms with E-state index in [2.05, 4.69) is 0 Å². The largest absolute Gasteiger partial charge is 0.493 e. The molecule has 2 aromatic rings. The zero-order chi connectivity index (χ0) is 26.9. The summed E-state index contributed by atoms with van der Waals surface area (Å²) in [5.74, 6) is 1.61. The molecular weight excluding hydrogens is 476 g/mol. The molecule has 0 bridgehead atoms. The predicted molar refractivity (Wildman–Crippen MR) is 142 cm³/mol. The molecule has 0 spiro atoms. The molecule has 200 valence electrons. The molecule has 0 aliphatic carbocycles. The van der Waals surface area contributed by atoms with Crippen molar-refractivity contribution in [1.29, 1.82) is 0 Å². The second-order valence-corrected chi connectivity index (χ2v) is 8.16. The summed E-state index contributed by atoms with van der Waals surface area (Å²) in [6.45, 7) is 1.19. The van der Waals surface area contributed by atoms with Gasteiger partial charge in [-0.3, -0.25) is 9.59 Å². The molecule has 0 saturated carbocycles. The maximum absolute atomic E-state index is 12.3. The fourth-order valence-electron chi connectivity index (χ4n) is 3.27. The zero-order valence-electron chi connectivity index (χ0n) is 21.5. The van der Waals surface area contributed by atoms with Crippen LogP contribution in [0, 0.1) is 0 Å². The fraction of sp³-hybridized carbons (Fsp3) is 0.379. The molecule has 0 aliphatic heterocycles. The van der Waals surface area contributed by atoms with Crippen molar-refractivity contribution in [1.82, 2.24) is 0 Å². The first kappa shape index (κ1) is 29.6. The first-order chi connectivity index (χ1) is 18.0. The van der Waals surface area contributed by atoms with E-state index < -0.39 is 0 Å². The third-order valence-electron chi connectivity index (χ3n) is 5.27. The number of ketones is 2. The van der Waals surface area contributed by atoms with Crippen molar-refractivity contribution in [2.24, 2.45) is 0 Å². The van der Waals surface area contributed by atoms with E-state index in [4.69, 9.17) is 29.2 Å². The molecule has 0 unspecified atom stereocenters. The fourth-order valence-corrected chi connectivity index (χ4v) is 3.27. The molecule has 2 N–H and O–H groups in total. The molecule has 0 saturated heterocycles. The number of unbranched alkanes of at least 4 members (excludes halogenated alkanes) is 2. The van der Waals surface area contributed by atoms with Crippen LogP contribution in [0.5, 0.6) is 23.0 Å². The van der Waals surface area contributed by atoms with E-state index in [9.17, 15) is 9.59 Å². The van der Waals surface area contributed by atoms with Gasteiger partial charge in [0.05, 0.1) is 33.9 Å². The van der Waals surface area contributed by atoms with Gasteiger partial charge >= 0.3 is 0 Å². The first-order valence-electron chi connectivity index (χ1n) is 12.3. The van der Waals surface area contributed by atoms with Crippen molar-refractivity contribution in [3.05, 3.63) is 59.7 Å². The Bertz CT molecular complexity index is 974. The van der Waals surface area contributed by atoms with E-state index >= 15 is 0 Å². The van der Waals surface area contributed by atoms with Gasteiger partial charge in [-0.15, -0.1) is 0 Å². The highest BCUT2D eigenvalue weighted by Crippen LogP contribution is 2.30. The zero-order valence-corrected chi connectivity index (χ0v) is 21.5. The normalized spacial score (nSPS) is 11.1. The number of ether oxygens (including phenoxy) is 4. The summed E-state index contributed by atoms with van der Waals surface area (Å²) in [5, 5.41) is 17.7. The van der Waals surface area contributed by atoms with Crippen molar-refractivity contribution in [3.63, 3.8) is 0 Å². The van der Waals surface area contributed by atoms with E-state index in [1.807, 2.05) is 0 Å². The van der Waals surface area contributed by atoms with Crippen molar-refractivity contribution < 1.29 is 38.7 Å². The maximum atomic E-state index is 12.3. The number of allylic oxidation sites excluding steroid dienone is 2. The van der Waals surface area contributed by atoms with Gasteiger partial charge in [0.1, 0.15) is 0 Å². The van der Waals surface area contributed by atoms with Crippen LogP contribution in [0.1, 0.15) is 43.2 Å². The Morgan fingerprint density at radius 1 is 0.676 bits per heavy atom. The number of methoxy groups -OCH3 is 2. The van der Waals surface area contributed by atoms with Crippen LogP contribution < -0.4 is 18.9 Å². The van der Waals surface area contributed by atoms with Crippen molar-refractivity contribution >= 4 is 23.7 Å².